The maximum absolute atomic E-state index is 12.0. The molecule has 1 N–H and O–H groups in total. The minimum absolute atomic E-state index is 0.0594. The summed E-state index contributed by atoms with van der Waals surface area (Å²) in [4.78, 5) is 139. The molecule has 149 heavy (non-hydrogen) atoms. The van der Waals surface area contributed by atoms with Crippen LogP contribution in [-0.2, 0) is 100 Å². The minimum atomic E-state index is -0.656. The summed E-state index contributed by atoms with van der Waals surface area (Å²) in [5.74, 6) is 6.32. The summed E-state index contributed by atoms with van der Waals surface area (Å²) in [7, 11) is 0. The van der Waals surface area contributed by atoms with Gasteiger partial charge in [0.15, 0.2) is 23.1 Å². The van der Waals surface area contributed by atoms with Gasteiger partial charge in [-0.3, -0.25) is 57.5 Å². The summed E-state index contributed by atoms with van der Waals surface area (Å²) >= 11 is 0. The lowest BCUT2D eigenvalue weighted by Gasteiger charge is -2.41. The van der Waals surface area contributed by atoms with Crippen molar-refractivity contribution in [1.82, 2.24) is 5.32 Å². The van der Waals surface area contributed by atoms with E-state index in [0.29, 0.717) is 228 Å². The van der Waals surface area contributed by atoms with Gasteiger partial charge in [-0.1, -0.05) is 241 Å². The van der Waals surface area contributed by atoms with E-state index in [9.17, 15) is 57.5 Å². The number of hydrogen-bond donors (Lipinski definition) is 1. The smallest absolute Gasteiger partial charge is 0.170 e. The van der Waals surface area contributed by atoms with Gasteiger partial charge in [0.2, 0.25) is 0 Å². The van der Waals surface area contributed by atoms with Crippen LogP contribution in [0.4, 0.5) is 0 Å². The Balaban J connectivity index is -0.000000403. The van der Waals surface area contributed by atoms with Gasteiger partial charge in [-0.2, -0.15) is 0 Å². The van der Waals surface area contributed by atoms with Crippen LogP contribution in [0.5, 0.6) is 0 Å². The molecule has 1 atom stereocenters. The lowest BCUT2D eigenvalue weighted by Crippen LogP contribution is -2.45. The number of carbonyl (C=O) groups is 12. The first kappa shape index (κ1) is 155. The SMILES string of the molecule is CC(C)C(=O)CCCC(=O)C(C)C.CC(C)CCCC(=O)C(C)C.CC(C)CCCOC(C)(C)OCCCC(=O)CCCC(=O)C(C)C.CC(C)CCCOC(C)(OCCCC(=O)CCCC(=O)C(C)C)C(C)(C)C.CC(C)CCCOC(C)C.CC(C)CCCOC1(OCCCC(=O)CCCC(=O)C(C)C)CCCC1.CC(C)CCCOC1(OCCCC(=O)CCCC(=O)C(C)C)CCCCC1.CC(C)NCCC(=O)C(C)C. The van der Waals surface area contributed by atoms with Crippen LogP contribution in [-0.4, -0.2) is 171 Å². The van der Waals surface area contributed by atoms with Crippen molar-refractivity contribution in [2.75, 3.05) is 66.0 Å². The van der Waals surface area contributed by atoms with E-state index in [-0.39, 0.29) is 111 Å². The fraction of sp³-hybridized carbons (Fsp3) is 0.906. The van der Waals surface area contributed by atoms with Crippen LogP contribution in [0.15, 0.2) is 0 Å². The predicted octanol–water partition coefficient (Wildman–Crippen LogP) is 32.3. The van der Waals surface area contributed by atoms with Crippen molar-refractivity contribution in [3.8, 4) is 0 Å². The maximum Gasteiger partial charge on any atom is 0.170 e. The third-order valence-electron chi connectivity index (χ3n) is 26.6. The molecule has 0 aromatic heterocycles. The molecule has 2 aliphatic carbocycles. The molecule has 2 saturated carbocycles. The second-order valence-corrected chi connectivity index (χ2v) is 49.5. The molecule has 882 valence electrons. The molecule has 0 amide bonds. The van der Waals surface area contributed by atoms with E-state index in [0.717, 1.165) is 154 Å². The first-order valence-corrected chi connectivity index (χ1v) is 60.1. The molecular formula is C127H243NO21. The van der Waals surface area contributed by atoms with Gasteiger partial charge in [-0.05, 0) is 224 Å². The van der Waals surface area contributed by atoms with Crippen LogP contribution in [0.25, 0.3) is 0 Å². The third-order valence-corrected chi connectivity index (χ3v) is 26.6. The van der Waals surface area contributed by atoms with E-state index in [2.05, 4.69) is 137 Å². The molecule has 0 aromatic rings. The van der Waals surface area contributed by atoms with Crippen LogP contribution in [0.1, 0.15) is 558 Å². The molecule has 22 nitrogen and oxygen atoms in total. The Bertz CT molecular complexity index is 3280. The Morgan fingerprint density at radius 2 is 0.430 bits per heavy atom. The normalized spacial score (nSPS) is 13.9. The van der Waals surface area contributed by atoms with Crippen LogP contribution >= 0.6 is 0 Å². The summed E-state index contributed by atoms with van der Waals surface area (Å²) in [6.07, 6.45) is 38.8. The second kappa shape index (κ2) is 94.7. The largest absolute Gasteiger partial charge is 0.379 e. The number of Topliss-reactive ketones (excluding diaryl/α,β-unsaturated/α-hetero) is 12. The average molecular weight is 2120 g/mol. The van der Waals surface area contributed by atoms with Gasteiger partial charge in [0.1, 0.15) is 69.4 Å². The van der Waals surface area contributed by atoms with Crippen molar-refractivity contribution >= 4 is 69.4 Å². The Morgan fingerprint density at radius 1 is 0.228 bits per heavy atom. The third kappa shape index (κ3) is 101. The average Bonchev–Trinajstić information content (AvgIpc) is 1.06. The molecule has 0 spiro atoms. The first-order chi connectivity index (χ1) is 69.4. The highest BCUT2D eigenvalue weighted by Gasteiger charge is 2.41. The Labute approximate surface area is 917 Å². The molecule has 0 saturated heterocycles. The van der Waals surface area contributed by atoms with E-state index in [4.69, 9.17) is 42.6 Å². The van der Waals surface area contributed by atoms with Crippen molar-refractivity contribution in [1.29, 1.82) is 0 Å². The van der Waals surface area contributed by atoms with E-state index in [1.165, 1.54) is 38.5 Å². The van der Waals surface area contributed by atoms with E-state index in [1.54, 1.807) is 0 Å². The molecule has 0 bridgehead atoms. The molecular weight excluding hydrogens is 1880 g/mol. The topological polar surface area (TPSA) is 300 Å². The van der Waals surface area contributed by atoms with Gasteiger partial charge >= 0.3 is 0 Å². The Hall–Kier alpha value is -4.36. The van der Waals surface area contributed by atoms with Crippen molar-refractivity contribution in [3.63, 3.8) is 0 Å². The van der Waals surface area contributed by atoms with Crippen molar-refractivity contribution in [3.05, 3.63) is 0 Å². The Morgan fingerprint density at radius 3 is 0.685 bits per heavy atom. The van der Waals surface area contributed by atoms with Gasteiger partial charge in [-0.25, -0.2) is 0 Å². The van der Waals surface area contributed by atoms with Crippen molar-refractivity contribution < 1.29 is 100 Å². The van der Waals surface area contributed by atoms with Gasteiger partial charge in [-0.15, -0.1) is 0 Å². The fourth-order valence-corrected chi connectivity index (χ4v) is 15.5. The van der Waals surface area contributed by atoms with E-state index in [1.807, 2.05) is 132 Å². The van der Waals surface area contributed by atoms with Crippen molar-refractivity contribution in [2.24, 2.45) is 88.3 Å². The fourth-order valence-electron chi connectivity index (χ4n) is 15.5. The van der Waals surface area contributed by atoms with Crippen LogP contribution in [0, 0.1) is 88.3 Å². The molecule has 0 aliphatic heterocycles. The molecule has 22 heteroatoms. The summed E-state index contributed by atoms with van der Waals surface area (Å²) < 4.78 is 53.7. The molecule has 1 unspecified atom stereocenters. The highest BCUT2D eigenvalue weighted by molar-refractivity contribution is 5.86. The standard InChI is InChI=1S/C23H42O4.C23H44O4.C22H40O4.C20H38O4.C11H20O2.C10H20O.C9H19NO.C9H20O/c1-19(2)11-9-17-26-23(15-6-5-7-16-23)27-18-10-13-21(24)12-8-14-22(25)20(3)4;1-18(2)12-10-16-26-23(8,22(5,6)7)27-17-11-14-20(24)13-9-15-21(25)19(3)4;1-18(2)10-8-16-25-22(14-5-6-15-22)26-17-9-12-20(23)11-7-13-21(24)19(3)4;1-16(2)10-8-14-23-20(5,6)24-15-9-12-18(21)11-7-13-19(22)17(3)4;1-8(2)10(12)6-5-7-11(13)9(3)4;1-8(2)6-5-7-10(11)9(3)4;1-7(2)9(11)5-6-10-8(3)4;1-8(2)6-5-7-10-9(3)4/h19-20H,5-18H2,1-4H3;18-19H,9-17H2,1-8H3;18-19H,5-17H2,1-4H3;16-17H,7-15H2,1-6H3;8-9H,5-7H2,1-4H3;8-9H,5-7H2,1-4H3;7-8,10H,5-6H2,1-4H3;8-9H,5-7H2,1-4H3. The van der Waals surface area contributed by atoms with E-state index >= 15 is 0 Å². The van der Waals surface area contributed by atoms with Gasteiger partial charge in [0.05, 0.1) is 59.0 Å². The predicted molar refractivity (Wildman–Crippen MR) is 619 cm³/mol. The summed E-state index contributed by atoms with van der Waals surface area (Å²) in [6.45, 7) is 84.7. The molecule has 0 heterocycles. The zero-order chi connectivity index (χ0) is 115. The van der Waals surface area contributed by atoms with Gasteiger partial charge in [0, 0.05) is 200 Å². The summed E-state index contributed by atoms with van der Waals surface area (Å²) in [5.41, 5.74) is -0.147. The lowest BCUT2D eigenvalue weighted by atomic mass is 9.86. The summed E-state index contributed by atoms with van der Waals surface area (Å²) in [5, 5.41) is 3.21. The molecule has 2 rings (SSSR count). The maximum atomic E-state index is 12.0. The number of ketones is 12. The monoisotopic (exact) mass is 2120 g/mol. The number of hydrogen-bond acceptors (Lipinski definition) is 22. The Kier molecular flexibility index (Phi) is 98.7. The number of ether oxygens (including phenoxy) is 9. The lowest BCUT2D eigenvalue weighted by molar-refractivity contribution is -0.278. The van der Waals surface area contributed by atoms with Crippen molar-refractivity contribution in [2.45, 2.75) is 594 Å². The van der Waals surface area contributed by atoms with Gasteiger partial charge < -0.3 is 47.9 Å². The summed E-state index contributed by atoms with van der Waals surface area (Å²) in [6, 6.07) is 0.481. The highest BCUT2D eigenvalue weighted by Crippen LogP contribution is 2.38. The molecule has 2 aliphatic rings. The zero-order valence-corrected chi connectivity index (χ0v) is 104. The number of carbonyl (C=O) groups excluding carboxylic acids is 12. The van der Waals surface area contributed by atoms with Gasteiger partial charge in [0.25, 0.3) is 0 Å². The van der Waals surface area contributed by atoms with Crippen LogP contribution in [0.3, 0.4) is 0 Å². The van der Waals surface area contributed by atoms with Crippen LogP contribution in [0.2, 0.25) is 0 Å². The first-order valence-electron chi connectivity index (χ1n) is 60.1. The molecule has 2 fully saturated rings. The minimum Gasteiger partial charge on any atom is -0.379 e. The number of nitrogens with one attached hydrogen (secondary N) is 1. The highest BCUT2D eigenvalue weighted by atomic mass is 16.7. The van der Waals surface area contributed by atoms with Crippen LogP contribution < -0.4 is 5.32 Å². The second-order valence-electron chi connectivity index (χ2n) is 49.5. The quantitative estimate of drug-likeness (QED) is 0.0437. The zero-order valence-electron chi connectivity index (χ0n) is 104. The molecule has 0 radical (unpaired) electrons. The van der Waals surface area contributed by atoms with E-state index < -0.39 is 23.1 Å². The molecule has 0 aromatic carbocycles. The number of rotatable bonds is 81.